The topological polar surface area (TPSA) is 163 Å². The maximum absolute atomic E-state index is 9.53. The Labute approximate surface area is 383 Å². The summed E-state index contributed by atoms with van der Waals surface area (Å²) in [5.74, 6) is 4.88. The van der Waals surface area contributed by atoms with Gasteiger partial charge in [0.1, 0.15) is 23.1 Å². The van der Waals surface area contributed by atoms with Crippen molar-refractivity contribution in [1.82, 2.24) is 48.6 Å². The van der Waals surface area contributed by atoms with Crippen LogP contribution in [0.1, 0.15) is 106 Å². The highest BCUT2D eigenvalue weighted by Gasteiger charge is 2.28. The van der Waals surface area contributed by atoms with Crippen LogP contribution in [0.2, 0.25) is 0 Å². The number of nitriles is 2. The van der Waals surface area contributed by atoms with E-state index in [4.69, 9.17) is 29.6 Å². The van der Waals surface area contributed by atoms with Gasteiger partial charge in [-0.25, -0.2) is 29.3 Å². The summed E-state index contributed by atoms with van der Waals surface area (Å²) >= 11 is 0. The van der Waals surface area contributed by atoms with Crippen molar-refractivity contribution in [3.63, 3.8) is 0 Å². The largest absolute Gasteiger partial charge is 0.495 e. The first-order valence-corrected chi connectivity index (χ1v) is 21.9. The van der Waals surface area contributed by atoms with E-state index in [-0.39, 0.29) is 11.8 Å². The molecule has 0 spiro atoms. The summed E-state index contributed by atoms with van der Waals surface area (Å²) in [5.41, 5.74) is 9.22. The van der Waals surface area contributed by atoms with E-state index in [2.05, 4.69) is 22.1 Å². The highest BCUT2D eigenvalue weighted by atomic mass is 16.5. The summed E-state index contributed by atoms with van der Waals surface area (Å²) in [6.07, 6.45) is 19.3. The van der Waals surface area contributed by atoms with Gasteiger partial charge >= 0.3 is 0 Å². The van der Waals surface area contributed by atoms with Gasteiger partial charge in [-0.1, -0.05) is 60.7 Å². The van der Waals surface area contributed by atoms with E-state index in [0.717, 1.165) is 107 Å². The molecule has 14 heteroatoms. The lowest BCUT2D eigenvalue weighted by Gasteiger charge is -2.23. The van der Waals surface area contributed by atoms with Crippen LogP contribution in [0.25, 0.3) is 35.7 Å². The summed E-state index contributed by atoms with van der Waals surface area (Å²) in [4.78, 5) is 18.2. The van der Waals surface area contributed by atoms with Gasteiger partial charge in [0.05, 0.1) is 72.9 Å². The summed E-state index contributed by atoms with van der Waals surface area (Å²) in [6.45, 7) is 5.60. The Morgan fingerprint density at radius 3 is 1.42 bits per heavy atom. The number of aryl methyl sites for hydroxylation is 4. The molecule has 0 unspecified atom stereocenters. The molecule has 2 aliphatic heterocycles. The van der Waals surface area contributed by atoms with Gasteiger partial charge in [-0.15, -0.1) is 0 Å². The van der Waals surface area contributed by atoms with Gasteiger partial charge in [-0.2, -0.15) is 20.7 Å². The molecule has 0 N–H and O–H groups in total. The Kier molecular flexibility index (Phi) is 12.5. The van der Waals surface area contributed by atoms with Crippen molar-refractivity contribution in [2.24, 2.45) is 0 Å². The third-order valence-electron chi connectivity index (χ3n) is 11.9. The molecule has 66 heavy (non-hydrogen) atoms. The van der Waals surface area contributed by atoms with Gasteiger partial charge in [0.2, 0.25) is 0 Å². The van der Waals surface area contributed by atoms with Crippen LogP contribution in [0.4, 0.5) is 0 Å². The smallest absolute Gasteiger partial charge is 0.174 e. The number of nitrogens with zero attached hydrogens (tertiary/aromatic N) is 12. The quantitative estimate of drug-likeness (QED) is 0.129. The normalized spacial score (nSPS) is 15.4. The second kappa shape index (κ2) is 19.2. The lowest BCUT2D eigenvalue weighted by Crippen LogP contribution is -2.18. The van der Waals surface area contributed by atoms with Crippen LogP contribution in [0.15, 0.2) is 110 Å². The number of rotatable bonds is 10. The number of imidazole rings is 2. The minimum atomic E-state index is 0.0854. The first kappa shape index (κ1) is 42.9. The van der Waals surface area contributed by atoms with Crippen LogP contribution in [0.3, 0.4) is 0 Å². The second-order valence-electron chi connectivity index (χ2n) is 16.3. The van der Waals surface area contributed by atoms with Crippen molar-refractivity contribution in [2.75, 3.05) is 14.2 Å². The highest BCUT2D eigenvalue weighted by Crippen LogP contribution is 2.36. The van der Waals surface area contributed by atoms with Crippen LogP contribution >= 0.6 is 0 Å². The molecule has 6 heterocycles. The fourth-order valence-corrected chi connectivity index (χ4v) is 8.74. The Hall–Kier alpha value is -8.36. The molecule has 0 saturated carbocycles. The molecular weight excluding hydrogens is 825 g/mol. The predicted octanol–water partition coefficient (Wildman–Crippen LogP) is 9.50. The standard InChI is InChI=1S/2C26H24N6O/c2*1-18-16-31(17-28-18)23-11-9-19(14-24(23)33-2)10-12-25-29-26-22(8-5-13-32(26)30-25)21-7-4-3-6-20(21)15-27/h2*3-4,6-7,9-12,14,16-17,22H,5,8,13H2,1-2H3/b2*12-10+/t2*22-/m10/s1. The average molecular weight is 873 g/mol. The Morgan fingerprint density at radius 2 is 1.03 bits per heavy atom. The van der Waals surface area contributed by atoms with Crippen LogP contribution in [-0.2, 0) is 13.1 Å². The molecule has 4 aromatic heterocycles. The number of aromatic nitrogens is 10. The monoisotopic (exact) mass is 872 g/mol. The lowest BCUT2D eigenvalue weighted by molar-refractivity contribution is 0.412. The molecule has 0 saturated heterocycles. The lowest BCUT2D eigenvalue weighted by atomic mass is 9.88. The SMILES string of the molecule is COc1cc(/C=C/c2nc3n(n2)CCC[C@@H]3c2ccccc2C#N)ccc1-n1cnc(C)c1.COc1cc(/C=C/c2nc3n(n2)CCC[C@H]3c2ccccc2C#N)ccc1-n1cnc(C)c1. The van der Waals surface area contributed by atoms with Crippen LogP contribution in [-0.4, -0.2) is 62.9 Å². The molecule has 0 fully saturated rings. The van der Waals surface area contributed by atoms with E-state index in [9.17, 15) is 10.5 Å². The minimum absolute atomic E-state index is 0.0854. The van der Waals surface area contributed by atoms with Crippen molar-refractivity contribution >= 4 is 24.3 Å². The van der Waals surface area contributed by atoms with Crippen molar-refractivity contribution < 1.29 is 9.47 Å². The zero-order valence-electron chi connectivity index (χ0n) is 37.3. The maximum Gasteiger partial charge on any atom is 0.174 e. The molecule has 0 bridgehead atoms. The third-order valence-corrected chi connectivity index (χ3v) is 11.9. The first-order valence-electron chi connectivity index (χ1n) is 21.9. The zero-order chi connectivity index (χ0) is 45.6. The van der Waals surface area contributed by atoms with Crippen molar-refractivity contribution in [3.05, 3.63) is 178 Å². The second-order valence-corrected chi connectivity index (χ2v) is 16.3. The van der Waals surface area contributed by atoms with E-state index in [0.29, 0.717) is 22.8 Å². The molecule has 14 nitrogen and oxygen atoms in total. The van der Waals surface area contributed by atoms with E-state index >= 15 is 0 Å². The van der Waals surface area contributed by atoms with Crippen molar-refractivity contribution in [3.8, 4) is 35.0 Å². The van der Waals surface area contributed by atoms with Gasteiger partial charge in [-0.3, -0.25) is 0 Å². The third kappa shape index (κ3) is 9.03. The molecule has 8 aromatic rings. The molecule has 0 amide bonds. The molecule has 0 radical (unpaired) electrons. The van der Waals surface area contributed by atoms with Gasteiger partial charge < -0.3 is 18.6 Å². The number of ether oxygens (including phenoxy) is 2. The summed E-state index contributed by atoms with van der Waals surface area (Å²) in [7, 11) is 3.33. The number of benzene rings is 4. The summed E-state index contributed by atoms with van der Waals surface area (Å²) in [6, 6.07) is 32.3. The van der Waals surface area contributed by atoms with Crippen LogP contribution < -0.4 is 9.47 Å². The minimum Gasteiger partial charge on any atom is -0.495 e. The molecular formula is C52H48N12O2. The maximum atomic E-state index is 9.53. The van der Waals surface area contributed by atoms with E-state index in [1.165, 1.54) is 0 Å². The highest BCUT2D eigenvalue weighted by molar-refractivity contribution is 5.70. The van der Waals surface area contributed by atoms with E-state index in [1.807, 2.05) is 154 Å². The Morgan fingerprint density at radius 1 is 0.591 bits per heavy atom. The van der Waals surface area contributed by atoms with E-state index < -0.39 is 0 Å². The van der Waals surface area contributed by atoms with Crippen molar-refractivity contribution in [2.45, 2.75) is 64.5 Å². The zero-order valence-corrected chi connectivity index (χ0v) is 37.3. The number of fused-ring (bicyclic) bond motifs is 2. The Bertz CT molecular complexity index is 2960. The van der Waals surface area contributed by atoms with Gasteiger partial charge in [0.15, 0.2) is 11.6 Å². The number of hydrogen-bond donors (Lipinski definition) is 0. The Balaban J connectivity index is 0.000000166. The molecule has 4 aromatic carbocycles. The predicted molar refractivity (Wildman–Crippen MR) is 252 cm³/mol. The van der Waals surface area contributed by atoms with Gasteiger partial charge in [-0.05, 0) is 110 Å². The molecule has 2 atom stereocenters. The summed E-state index contributed by atoms with van der Waals surface area (Å²) < 4.78 is 19.1. The molecule has 10 rings (SSSR count). The average Bonchev–Trinajstić information content (AvgIpc) is 4.19. The number of methoxy groups -OCH3 is 2. The first-order chi connectivity index (χ1) is 32.3. The fourth-order valence-electron chi connectivity index (χ4n) is 8.74. The van der Waals surface area contributed by atoms with Gasteiger partial charge in [0, 0.05) is 37.3 Å². The fraction of sp³-hybridized carbons (Fsp3) is 0.231. The van der Waals surface area contributed by atoms with Crippen molar-refractivity contribution in [1.29, 1.82) is 10.5 Å². The molecule has 328 valence electrons. The van der Waals surface area contributed by atoms with E-state index in [1.54, 1.807) is 26.9 Å². The molecule has 2 aliphatic rings. The van der Waals surface area contributed by atoms with Crippen LogP contribution in [0, 0.1) is 36.5 Å². The summed E-state index contributed by atoms with van der Waals surface area (Å²) in [5, 5.41) is 28.5. The van der Waals surface area contributed by atoms with Crippen LogP contribution in [0.5, 0.6) is 11.5 Å². The number of hydrogen-bond acceptors (Lipinski definition) is 10. The van der Waals surface area contributed by atoms with Gasteiger partial charge in [0.25, 0.3) is 0 Å². The molecule has 0 aliphatic carbocycles.